The van der Waals surface area contributed by atoms with E-state index in [0.717, 1.165) is 16.7 Å². The number of hydrogen-bond acceptors (Lipinski definition) is 0. The molecule has 1 rings (SSSR count). The van der Waals surface area contributed by atoms with Crippen molar-refractivity contribution in [2.75, 3.05) is 0 Å². The lowest BCUT2D eigenvalue weighted by Gasteiger charge is -2.25. The van der Waals surface area contributed by atoms with Gasteiger partial charge in [0.25, 0.3) is 0 Å². The molecule has 0 amide bonds. The average Bonchev–Trinajstić information content (AvgIpc) is 2.05. The maximum absolute atomic E-state index is 4.08. The minimum atomic E-state index is 0.271. The Hall–Kier alpha value is -0.823. The van der Waals surface area contributed by atoms with E-state index in [1.165, 1.54) is 10.8 Å². The summed E-state index contributed by atoms with van der Waals surface area (Å²) in [6, 6.07) is 10.6. The van der Waals surface area contributed by atoms with Crippen LogP contribution in [0.25, 0.3) is 0 Å². The third-order valence-electron chi connectivity index (χ3n) is 2.64. The van der Waals surface area contributed by atoms with Gasteiger partial charge in [-0.15, -0.1) is 6.58 Å². The molecular weight excluding hydrogens is 172 g/mol. The first kappa shape index (κ1) is 10.3. The molecule has 0 nitrogen and oxygen atoms in total. The summed E-state index contributed by atoms with van der Waals surface area (Å²) in [7, 11) is 1.09. The van der Waals surface area contributed by atoms with Gasteiger partial charge in [-0.2, -0.15) is 0 Å². The van der Waals surface area contributed by atoms with Crippen LogP contribution in [0.1, 0.15) is 19.4 Å². The van der Waals surface area contributed by atoms with Crippen molar-refractivity contribution in [1.82, 2.24) is 0 Å². The molecule has 1 aromatic rings. The van der Waals surface area contributed by atoms with E-state index in [1.807, 2.05) is 0 Å². The van der Waals surface area contributed by atoms with Crippen LogP contribution in [0.2, 0.25) is 0 Å². The van der Waals surface area contributed by atoms with Crippen LogP contribution in [-0.4, -0.2) is 10.2 Å². The van der Waals surface area contributed by atoms with E-state index >= 15 is 0 Å². The molecule has 0 aromatic heterocycles. The van der Waals surface area contributed by atoms with Gasteiger partial charge in [-0.05, 0) is 17.4 Å². The first-order chi connectivity index (χ1) is 6.02. The summed E-state index contributed by atoms with van der Waals surface area (Å²) >= 11 is 0. The Balaban J connectivity index is 2.75. The van der Waals surface area contributed by atoms with Crippen LogP contribution in [0, 0.1) is 5.41 Å². The Kier molecular flexibility index (Phi) is 3.10. The summed E-state index contributed by atoms with van der Waals surface area (Å²) < 4.78 is 0. The first-order valence-electron chi connectivity index (χ1n) is 4.72. The molecule has 0 fully saturated rings. The molecule has 0 N–H and O–H groups in total. The standard InChI is InChI=1S/C12H18Si/c1-10(13)12(2,3)9-11-7-5-4-6-8-11/h4-8H,1,9H2,2-3,13H3. The lowest BCUT2D eigenvalue weighted by molar-refractivity contribution is 0.467. The van der Waals surface area contributed by atoms with Gasteiger partial charge >= 0.3 is 0 Å². The highest BCUT2D eigenvalue weighted by atomic mass is 28.1. The molecule has 0 unspecified atom stereocenters. The molecule has 0 aliphatic heterocycles. The highest BCUT2D eigenvalue weighted by molar-refractivity contribution is 6.21. The van der Waals surface area contributed by atoms with E-state index in [9.17, 15) is 0 Å². The van der Waals surface area contributed by atoms with Crippen LogP contribution in [0.15, 0.2) is 42.1 Å². The Morgan fingerprint density at radius 2 is 1.85 bits per heavy atom. The monoisotopic (exact) mass is 190 g/mol. The van der Waals surface area contributed by atoms with Crippen molar-refractivity contribution in [3.05, 3.63) is 47.7 Å². The maximum Gasteiger partial charge on any atom is 0.0332 e. The molecule has 0 atom stereocenters. The van der Waals surface area contributed by atoms with Crippen molar-refractivity contribution in [2.24, 2.45) is 5.41 Å². The summed E-state index contributed by atoms with van der Waals surface area (Å²) in [4.78, 5) is 0. The molecule has 0 aliphatic carbocycles. The van der Waals surface area contributed by atoms with Crippen LogP contribution >= 0.6 is 0 Å². The van der Waals surface area contributed by atoms with Gasteiger partial charge in [-0.3, -0.25) is 0 Å². The van der Waals surface area contributed by atoms with Crippen molar-refractivity contribution in [3.8, 4) is 0 Å². The predicted octanol–water partition coefficient (Wildman–Crippen LogP) is 2.13. The summed E-state index contributed by atoms with van der Waals surface area (Å²) in [5.74, 6) is 0. The van der Waals surface area contributed by atoms with Crippen molar-refractivity contribution >= 4 is 10.2 Å². The fourth-order valence-corrected chi connectivity index (χ4v) is 1.43. The van der Waals surface area contributed by atoms with E-state index in [-0.39, 0.29) is 5.41 Å². The highest BCUT2D eigenvalue weighted by Crippen LogP contribution is 2.27. The van der Waals surface area contributed by atoms with Gasteiger partial charge in [0.2, 0.25) is 0 Å². The maximum atomic E-state index is 4.08. The first-order valence-corrected chi connectivity index (χ1v) is 5.72. The third-order valence-corrected chi connectivity index (χ3v) is 4.00. The Bertz CT molecular complexity index is 285. The summed E-state index contributed by atoms with van der Waals surface area (Å²) in [6.45, 7) is 8.63. The molecule has 1 aromatic carbocycles. The zero-order chi connectivity index (χ0) is 9.90. The van der Waals surface area contributed by atoms with Crippen LogP contribution in [-0.2, 0) is 6.42 Å². The van der Waals surface area contributed by atoms with Crippen molar-refractivity contribution < 1.29 is 0 Å². The molecule has 0 saturated carbocycles. The predicted molar refractivity (Wildman–Crippen MR) is 63.0 cm³/mol. The topological polar surface area (TPSA) is 0 Å². The minimum absolute atomic E-state index is 0.271. The Morgan fingerprint density at radius 3 is 2.31 bits per heavy atom. The molecule has 13 heavy (non-hydrogen) atoms. The van der Waals surface area contributed by atoms with E-state index in [2.05, 4.69) is 50.8 Å². The van der Waals surface area contributed by atoms with Crippen LogP contribution in [0.4, 0.5) is 0 Å². The van der Waals surface area contributed by atoms with Crippen molar-refractivity contribution in [2.45, 2.75) is 20.3 Å². The second-order valence-corrected chi connectivity index (χ2v) is 5.53. The van der Waals surface area contributed by atoms with Gasteiger partial charge in [0, 0.05) is 10.2 Å². The van der Waals surface area contributed by atoms with Crippen LogP contribution < -0.4 is 0 Å². The normalized spacial score (nSPS) is 11.5. The lowest BCUT2D eigenvalue weighted by Crippen LogP contribution is -2.17. The summed E-state index contributed by atoms with van der Waals surface area (Å²) in [5, 5.41) is 1.39. The quantitative estimate of drug-likeness (QED) is 0.641. The SMILES string of the molecule is C=C([SiH3])C(C)(C)Cc1ccccc1. The van der Waals surface area contributed by atoms with Gasteiger partial charge in [-0.1, -0.05) is 49.4 Å². The molecule has 1 heteroatoms. The molecule has 0 aliphatic rings. The Labute approximate surface area is 84.1 Å². The van der Waals surface area contributed by atoms with Gasteiger partial charge < -0.3 is 0 Å². The molecule has 70 valence electrons. The fourth-order valence-electron chi connectivity index (χ4n) is 1.26. The number of allylic oxidation sites excluding steroid dienone is 1. The Morgan fingerprint density at radius 1 is 1.31 bits per heavy atom. The van der Waals surface area contributed by atoms with Crippen LogP contribution in [0.3, 0.4) is 0 Å². The van der Waals surface area contributed by atoms with Gasteiger partial charge in [0.1, 0.15) is 0 Å². The largest absolute Gasteiger partial charge is 0.104 e. The van der Waals surface area contributed by atoms with E-state index in [1.54, 1.807) is 0 Å². The molecule has 0 saturated heterocycles. The van der Waals surface area contributed by atoms with E-state index in [4.69, 9.17) is 0 Å². The second kappa shape index (κ2) is 3.92. The summed E-state index contributed by atoms with van der Waals surface area (Å²) in [6.07, 6.45) is 1.11. The fraction of sp³-hybridized carbons (Fsp3) is 0.333. The van der Waals surface area contributed by atoms with Gasteiger partial charge in [0.15, 0.2) is 0 Å². The second-order valence-electron chi connectivity index (χ2n) is 4.33. The smallest absolute Gasteiger partial charge is 0.0332 e. The molecule has 0 spiro atoms. The molecule has 0 bridgehead atoms. The number of benzene rings is 1. The molecule has 0 radical (unpaired) electrons. The molecular formula is C12H18Si. The zero-order valence-electron chi connectivity index (χ0n) is 8.80. The molecule has 0 heterocycles. The summed E-state index contributed by atoms with van der Waals surface area (Å²) in [5.41, 5.74) is 1.68. The van der Waals surface area contributed by atoms with Crippen molar-refractivity contribution in [1.29, 1.82) is 0 Å². The lowest BCUT2D eigenvalue weighted by atomic mass is 9.85. The van der Waals surface area contributed by atoms with Gasteiger partial charge in [0.05, 0.1) is 0 Å². The van der Waals surface area contributed by atoms with Gasteiger partial charge in [-0.25, -0.2) is 0 Å². The minimum Gasteiger partial charge on any atom is -0.104 e. The zero-order valence-corrected chi connectivity index (χ0v) is 10.8. The van der Waals surface area contributed by atoms with E-state index < -0.39 is 0 Å². The number of hydrogen-bond donors (Lipinski definition) is 0. The third kappa shape index (κ3) is 2.85. The van der Waals surface area contributed by atoms with Crippen molar-refractivity contribution in [3.63, 3.8) is 0 Å². The number of rotatable bonds is 3. The average molecular weight is 190 g/mol. The van der Waals surface area contributed by atoms with Crippen LogP contribution in [0.5, 0.6) is 0 Å². The highest BCUT2D eigenvalue weighted by Gasteiger charge is 2.18. The van der Waals surface area contributed by atoms with E-state index in [0.29, 0.717) is 0 Å².